The maximum absolute atomic E-state index is 11.4. The molecule has 0 spiro atoms. The number of Topliss-reactive ketones (excluding diaryl/α,β-unsaturated/α-hetero) is 1. The summed E-state index contributed by atoms with van der Waals surface area (Å²) in [6.45, 7) is 6.84. The van der Waals surface area contributed by atoms with Gasteiger partial charge in [0.25, 0.3) is 0 Å². The molecule has 2 rings (SSSR count). The molecule has 0 radical (unpaired) electrons. The molecule has 1 fully saturated rings. The molecule has 0 amide bonds. The molecule has 1 aromatic rings. The van der Waals surface area contributed by atoms with Crippen LogP contribution in [0.3, 0.4) is 0 Å². The SMILES string of the molecule is CCC1CN(c2ccc(C(C)=O)c(Cl)c2)CCN1C. The highest BCUT2D eigenvalue weighted by molar-refractivity contribution is 6.34. The number of likely N-dealkylation sites (N-methyl/N-ethyl adjacent to an activating group) is 1. The Bertz CT molecular complexity index is 475. The molecule has 1 aliphatic heterocycles. The molecule has 1 aliphatic rings. The molecule has 19 heavy (non-hydrogen) atoms. The smallest absolute Gasteiger partial charge is 0.161 e. The summed E-state index contributed by atoms with van der Waals surface area (Å²) in [4.78, 5) is 16.1. The Labute approximate surface area is 120 Å². The number of carbonyl (C=O) groups is 1. The monoisotopic (exact) mass is 280 g/mol. The normalized spacial score (nSPS) is 20.6. The Hall–Kier alpha value is -1.06. The number of carbonyl (C=O) groups excluding carboxylic acids is 1. The van der Waals surface area contributed by atoms with Gasteiger partial charge in [-0.3, -0.25) is 9.69 Å². The summed E-state index contributed by atoms with van der Waals surface area (Å²) < 4.78 is 0. The standard InChI is InChI=1S/C15H21ClN2O/c1-4-12-10-18(8-7-17(12)3)13-5-6-14(11(2)19)15(16)9-13/h5-6,9,12H,4,7-8,10H2,1-3H3. The molecule has 0 aromatic heterocycles. The Morgan fingerprint density at radius 2 is 2.16 bits per heavy atom. The van der Waals surface area contributed by atoms with Crippen molar-refractivity contribution in [3.05, 3.63) is 28.8 Å². The zero-order valence-corrected chi connectivity index (χ0v) is 12.6. The van der Waals surface area contributed by atoms with Gasteiger partial charge in [-0.15, -0.1) is 0 Å². The van der Waals surface area contributed by atoms with Crippen LogP contribution in [0, 0.1) is 0 Å². The lowest BCUT2D eigenvalue weighted by atomic mass is 10.1. The van der Waals surface area contributed by atoms with Crippen molar-refractivity contribution in [1.82, 2.24) is 4.90 Å². The molecule has 1 saturated heterocycles. The topological polar surface area (TPSA) is 23.6 Å². The predicted molar refractivity (Wildman–Crippen MR) is 80.4 cm³/mol. The van der Waals surface area contributed by atoms with E-state index in [9.17, 15) is 4.79 Å². The van der Waals surface area contributed by atoms with E-state index in [1.54, 1.807) is 6.92 Å². The second-order valence-corrected chi connectivity index (χ2v) is 5.62. The van der Waals surface area contributed by atoms with Gasteiger partial charge >= 0.3 is 0 Å². The van der Waals surface area contributed by atoms with Crippen LogP contribution >= 0.6 is 11.6 Å². The van der Waals surface area contributed by atoms with E-state index in [2.05, 4.69) is 23.8 Å². The Balaban J connectivity index is 2.18. The molecule has 1 atom stereocenters. The van der Waals surface area contributed by atoms with Crippen molar-refractivity contribution >= 4 is 23.1 Å². The molecule has 0 bridgehead atoms. The molecule has 0 N–H and O–H groups in total. The number of hydrogen-bond donors (Lipinski definition) is 0. The molecule has 4 heteroatoms. The van der Waals surface area contributed by atoms with E-state index in [0.29, 0.717) is 16.6 Å². The minimum absolute atomic E-state index is 0.0152. The van der Waals surface area contributed by atoms with Gasteiger partial charge in [-0.2, -0.15) is 0 Å². The third-order valence-electron chi connectivity index (χ3n) is 3.95. The van der Waals surface area contributed by atoms with Crippen LogP contribution < -0.4 is 4.90 Å². The van der Waals surface area contributed by atoms with E-state index < -0.39 is 0 Å². The van der Waals surface area contributed by atoms with Crippen molar-refractivity contribution < 1.29 is 4.79 Å². The van der Waals surface area contributed by atoms with E-state index in [1.165, 1.54) is 0 Å². The molecule has 1 aromatic carbocycles. The number of benzene rings is 1. The van der Waals surface area contributed by atoms with Crippen LogP contribution in [-0.2, 0) is 0 Å². The summed E-state index contributed by atoms with van der Waals surface area (Å²) >= 11 is 6.18. The molecule has 0 saturated carbocycles. The minimum atomic E-state index is 0.0152. The number of halogens is 1. The van der Waals surface area contributed by atoms with Gasteiger partial charge in [-0.25, -0.2) is 0 Å². The lowest BCUT2D eigenvalue weighted by Crippen LogP contribution is -2.51. The zero-order chi connectivity index (χ0) is 14.0. The average molecular weight is 281 g/mol. The number of hydrogen-bond acceptors (Lipinski definition) is 3. The maximum atomic E-state index is 11.4. The van der Waals surface area contributed by atoms with Crippen LogP contribution in [0.2, 0.25) is 5.02 Å². The lowest BCUT2D eigenvalue weighted by Gasteiger charge is -2.40. The maximum Gasteiger partial charge on any atom is 0.161 e. The first-order chi connectivity index (χ1) is 9.02. The Kier molecular flexibility index (Phi) is 4.48. The zero-order valence-electron chi connectivity index (χ0n) is 11.8. The van der Waals surface area contributed by atoms with Crippen LogP contribution in [-0.4, -0.2) is 43.4 Å². The summed E-state index contributed by atoms with van der Waals surface area (Å²) in [5.41, 5.74) is 1.72. The van der Waals surface area contributed by atoms with E-state index in [0.717, 1.165) is 31.7 Å². The van der Waals surface area contributed by atoms with Crippen LogP contribution in [0.1, 0.15) is 30.6 Å². The van der Waals surface area contributed by atoms with Crippen molar-refractivity contribution in [3.8, 4) is 0 Å². The fourth-order valence-corrected chi connectivity index (χ4v) is 2.92. The molecule has 1 unspecified atom stereocenters. The fourth-order valence-electron chi connectivity index (χ4n) is 2.61. The summed E-state index contributed by atoms with van der Waals surface area (Å²) in [5, 5.41) is 0.553. The fraction of sp³-hybridized carbons (Fsp3) is 0.533. The third kappa shape index (κ3) is 3.10. The van der Waals surface area contributed by atoms with Gasteiger partial charge in [0.05, 0.1) is 5.02 Å². The molecule has 3 nitrogen and oxygen atoms in total. The van der Waals surface area contributed by atoms with Gasteiger partial charge in [0.15, 0.2) is 5.78 Å². The highest BCUT2D eigenvalue weighted by Crippen LogP contribution is 2.26. The van der Waals surface area contributed by atoms with Gasteiger partial charge in [0.2, 0.25) is 0 Å². The number of anilines is 1. The molecular weight excluding hydrogens is 260 g/mol. The van der Waals surface area contributed by atoms with Gasteiger partial charge in [-0.05, 0) is 38.6 Å². The number of nitrogens with zero attached hydrogens (tertiary/aromatic N) is 2. The van der Waals surface area contributed by atoms with E-state index in [4.69, 9.17) is 11.6 Å². The van der Waals surface area contributed by atoms with Crippen molar-refractivity contribution in [3.63, 3.8) is 0 Å². The summed E-state index contributed by atoms with van der Waals surface area (Å²) in [5.74, 6) is 0.0152. The number of ketones is 1. The molecule has 0 aliphatic carbocycles. The van der Waals surface area contributed by atoms with Gasteiger partial charge in [0.1, 0.15) is 0 Å². The van der Waals surface area contributed by atoms with Crippen molar-refractivity contribution in [2.75, 3.05) is 31.6 Å². The largest absolute Gasteiger partial charge is 0.369 e. The average Bonchev–Trinajstić information content (AvgIpc) is 2.38. The quantitative estimate of drug-likeness (QED) is 0.795. The Morgan fingerprint density at radius 1 is 1.42 bits per heavy atom. The summed E-state index contributed by atoms with van der Waals surface area (Å²) in [6, 6.07) is 6.33. The lowest BCUT2D eigenvalue weighted by molar-refractivity contribution is 0.101. The third-order valence-corrected chi connectivity index (χ3v) is 4.26. The summed E-state index contributed by atoms with van der Waals surface area (Å²) in [7, 11) is 2.18. The van der Waals surface area contributed by atoms with Crippen molar-refractivity contribution in [2.24, 2.45) is 0 Å². The Morgan fingerprint density at radius 3 is 2.74 bits per heavy atom. The first-order valence-electron chi connectivity index (χ1n) is 6.78. The molecule has 104 valence electrons. The van der Waals surface area contributed by atoms with Crippen LogP contribution in [0.5, 0.6) is 0 Å². The van der Waals surface area contributed by atoms with E-state index >= 15 is 0 Å². The van der Waals surface area contributed by atoms with Gasteiger partial charge in [0, 0.05) is 36.9 Å². The summed E-state index contributed by atoms with van der Waals surface area (Å²) in [6.07, 6.45) is 1.15. The van der Waals surface area contributed by atoms with Crippen molar-refractivity contribution in [1.29, 1.82) is 0 Å². The first kappa shape index (κ1) is 14.4. The van der Waals surface area contributed by atoms with E-state index in [1.807, 2.05) is 18.2 Å². The minimum Gasteiger partial charge on any atom is -0.369 e. The van der Waals surface area contributed by atoms with Crippen LogP contribution in [0.25, 0.3) is 0 Å². The van der Waals surface area contributed by atoms with Crippen LogP contribution in [0.15, 0.2) is 18.2 Å². The molecule has 1 heterocycles. The number of rotatable bonds is 3. The second kappa shape index (κ2) is 5.93. The molecular formula is C15H21ClN2O. The second-order valence-electron chi connectivity index (χ2n) is 5.21. The highest BCUT2D eigenvalue weighted by Gasteiger charge is 2.23. The van der Waals surface area contributed by atoms with Gasteiger partial charge in [-0.1, -0.05) is 18.5 Å². The first-order valence-corrected chi connectivity index (χ1v) is 7.16. The van der Waals surface area contributed by atoms with Gasteiger partial charge < -0.3 is 4.90 Å². The van der Waals surface area contributed by atoms with Crippen LogP contribution in [0.4, 0.5) is 5.69 Å². The number of piperazine rings is 1. The van der Waals surface area contributed by atoms with Crippen molar-refractivity contribution in [2.45, 2.75) is 26.3 Å². The predicted octanol–water partition coefficient (Wildman–Crippen LogP) is 3.07. The highest BCUT2D eigenvalue weighted by atomic mass is 35.5. The van der Waals surface area contributed by atoms with E-state index in [-0.39, 0.29) is 5.78 Å².